The molecule has 4 rings (SSSR count). The van der Waals surface area contributed by atoms with E-state index >= 15 is 0 Å². The summed E-state index contributed by atoms with van der Waals surface area (Å²) in [5.41, 5.74) is 6.95. The highest BCUT2D eigenvalue weighted by molar-refractivity contribution is 7.12. The van der Waals surface area contributed by atoms with Gasteiger partial charge in [0.2, 0.25) is 5.91 Å². The fraction of sp³-hybridized carbons (Fsp3) is 0.321. The van der Waals surface area contributed by atoms with Crippen LogP contribution >= 0.6 is 11.3 Å². The van der Waals surface area contributed by atoms with Crippen molar-refractivity contribution in [3.8, 4) is 11.5 Å². The number of nitrogens with two attached hydrogens (primary N) is 1. The van der Waals surface area contributed by atoms with Crippen LogP contribution in [0.3, 0.4) is 0 Å². The number of hydrogen-bond acceptors (Lipinski definition) is 7. The highest BCUT2D eigenvalue weighted by Gasteiger charge is 2.43. The van der Waals surface area contributed by atoms with E-state index < -0.39 is 12.1 Å². The maximum absolute atomic E-state index is 13.9. The highest BCUT2D eigenvalue weighted by Crippen LogP contribution is 2.29. The van der Waals surface area contributed by atoms with Gasteiger partial charge in [0.15, 0.2) is 0 Å². The maximum atomic E-state index is 13.9. The summed E-state index contributed by atoms with van der Waals surface area (Å²) < 4.78 is 10.6. The van der Waals surface area contributed by atoms with Gasteiger partial charge in [0.25, 0.3) is 11.8 Å². The van der Waals surface area contributed by atoms with Crippen LogP contribution in [0, 0.1) is 0 Å². The lowest BCUT2D eigenvalue weighted by molar-refractivity contribution is -0.124. The molecule has 10 heteroatoms. The first-order chi connectivity index (χ1) is 18.4. The average Bonchev–Trinajstić information content (AvgIpc) is 3.65. The van der Waals surface area contributed by atoms with E-state index in [0.29, 0.717) is 41.4 Å². The van der Waals surface area contributed by atoms with Gasteiger partial charge < -0.3 is 30.3 Å². The Morgan fingerprint density at radius 3 is 2.47 bits per heavy atom. The largest absolute Gasteiger partial charge is 0.497 e. The number of benzene rings is 2. The highest BCUT2D eigenvalue weighted by atomic mass is 32.1. The van der Waals surface area contributed by atoms with Crippen molar-refractivity contribution in [2.75, 3.05) is 33.9 Å². The van der Waals surface area contributed by atoms with Gasteiger partial charge in [-0.3, -0.25) is 14.4 Å². The van der Waals surface area contributed by atoms with Gasteiger partial charge in [-0.1, -0.05) is 18.2 Å². The molecule has 1 aliphatic heterocycles. The fourth-order valence-corrected chi connectivity index (χ4v) is 5.28. The van der Waals surface area contributed by atoms with Crippen LogP contribution in [0.15, 0.2) is 66.0 Å². The molecule has 1 aliphatic rings. The normalized spacial score (nSPS) is 16.7. The molecule has 3 amide bonds. The number of rotatable bonds is 10. The molecule has 9 nitrogen and oxygen atoms in total. The molecule has 38 heavy (non-hydrogen) atoms. The lowest BCUT2D eigenvalue weighted by atomic mass is 10.1. The lowest BCUT2D eigenvalue weighted by Gasteiger charge is -2.29. The molecule has 3 aromatic rings. The van der Waals surface area contributed by atoms with Gasteiger partial charge in [0, 0.05) is 31.7 Å². The van der Waals surface area contributed by atoms with E-state index in [1.807, 2.05) is 29.6 Å². The summed E-state index contributed by atoms with van der Waals surface area (Å²) >= 11 is 1.32. The first-order valence-corrected chi connectivity index (χ1v) is 13.2. The van der Waals surface area contributed by atoms with Crippen LogP contribution in [-0.4, -0.2) is 73.5 Å². The maximum Gasteiger partial charge on any atom is 0.264 e. The summed E-state index contributed by atoms with van der Waals surface area (Å²) in [4.78, 5) is 44.3. The standard InChI is InChI=1S/C28H32N4O5S/c1-36-22-10-8-20(9-11-22)27(34)31(17-19-5-3-6-23(15-19)37-2)21-16-24(26(33)30-13-12-29)32(18-21)28(35)25-7-4-14-38-25/h3-11,14-15,21,24H,12-13,16-18,29H2,1-2H3,(H,30,33). The Bertz CT molecular complexity index is 1250. The number of nitrogens with zero attached hydrogens (tertiary/aromatic N) is 2. The first-order valence-electron chi connectivity index (χ1n) is 12.3. The summed E-state index contributed by atoms with van der Waals surface area (Å²) in [6, 6.07) is 16.8. The van der Waals surface area contributed by atoms with E-state index in [1.54, 1.807) is 60.4 Å². The third kappa shape index (κ3) is 6.15. The van der Waals surface area contributed by atoms with Crippen LogP contribution in [0.4, 0.5) is 0 Å². The minimum absolute atomic E-state index is 0.202. The van der Waals surface area contributed by atoms with E-state index in [1.165, 1.54) is 11.3 Å². The van der Waals surface area contributed by atoms with E-state index in [2.05, 4.69) is 5.32 Å². The number of hydrogen-bond donors (Lipinski definition) is 2. The van der Waals surface area contributed by atoms with Crippen molar-refractivity contribution in [2.24, 2.45) is 5.73 Å². The molecular weight excluding hydrogens is 504 g/mol. The molecule has 2 unspecified atom stereocenters. The first kappa shape index (κ1) is 27.2. The lowest BCUT2D eigenvalue weighted by Crippen LogP contribution is -2.46. The minimum atomic E-state index is -0.724. The quantitative estimate of drug-likeness (QED) is 0.412. The van der Waals surface area contributed by atoms with Crippen LogP contribution < -0.4 is 20.5 Å². The van der Waals surface area contributed by atoms with Gasteiger partial charge in [0.1, 0.15) is 17.5 Å². The van der Waals surface area contributed by atoms with Crippen molar-refractivity contribution in [1.82, 2.24) is 15.1 Å². The molecule has 0 aliphatic carbocycles. The van der Waals surface area contributed by atoms with Gasteiger partial charge in [0.05, 0.1) is 25.1 Å². The van der Waals surface area contributed by atoms with Crippen molar-refractivity contribution >= 4 is 29.1 Å². The second kappa shape index (κ2) is 12.6. The van der Waals surface area contributed by atoms with Gasteiger partial charge in [-0.15, -0.1) is 11.3 Å². The van der Waals surface area contributed by atoms with Gasteiger partial charge in [-0.05, 0) is 59.8 Å². The molecule has 0 saturated carbocycles. The molecular formula is C28H32N4O5S. The number of amides is 3. The fourth-order valence-electron chi connectivity index (χ4n) is 4.60. The number of thiophene rings is 1. The van der Waals surface area contributed by atoms with Crippen molar-refractivity contribution in [3.05, 3.63) is 82.0 Å². The Labute approximate surface area is 226 Å². The molecule has 1 fully saturated rings. The molecule has 3 N–H and O–H groups in total. The smallest absolute Gasteiger partial charge is 0.264 e. The van der Waals surface area contributed by atoms with Crippen molar-refractivity contribution < 1.29 is 23.9 Å². The molecule has 2 heterocycles. The topological polar surface area (TPSA) is 114 Å². The minimum Gasteiger partial charge on any atom is -0.497 e. The number of ether oxygens (including phenoxy) is 2. The van der Waals surface area contributed by atoms with E-state index in [9.17, 15) is 14.4 Å². The summed E-state index contributed by atoms with van der Waals surface area (Å²) in [5, 5.41) is 4.64. The molecule has 2 aromatic carbocycles. The molecule has 0 radical (unpaired) electrons. The Hall–Kier alpha value is -3.89. The Morgan fingerprint density at radius 2 is 1.82 bits per heavy atom. The summed E-state index contributed by atoms with van der Waals surface area (Å²) in [7, 11) is 3.16. The number of carbonyl (C=O) groups is 3. The Morgan fingerprint density at radius 1 is 1.05 bits per heavy atom. The third-order valence-electron chi connectivity index (χ3n) is 6.54. The van der Waals surface area contributed by atoms with Crippen molar-refractivity contribution in [3.63, 3.8) is 0 Å². The van der Waals surface area contributed by atoms with Crippen molar-refractivity contribution in [2.45, 2.75) is 25.0 Å². The van der Waals surface area contributed by atoms with E-state index in [4.69, 9.17) is 15.2 Å². The van der Waals surface area contributed by atoms with Gasteiger partial charge in [-0.2, -0.15) is 0 Å². The molecule has 1 saturated heterocycles. The monoisotopic (exact) mass is 536 g/mol. The number of likely N-dealkylation sites (tertiary alicyclic amines) is 1. The number of methoxy groups -OCH3 is 2. The van der Waals surface area contributed by atoms with E-state index in [0.717, 1.165) is 5.56 Å². The van der Waals surface area contributed by atoms with Crippen LogP contribution in [0.2, 0.25) is 0 Å². The van der Waals surface area contributed by atoms with Crippen LogP contribution in [0.1, 0.15) is 32.0 Å². The number of carbonyl (C=O) groups excluding carboxylic acids is 3. The Kier molecular flexibility index (Phi) is 8.98. The second-order valence-corrected chi connectivity index (χ2v) is 9.88. The molecule has 1 aromatic heterocycles. The van der Waals surface area contributed by atoms with Crippen LogP contribution in [-0.2, 0) is 11.3 Å². The molecule has 2 atom stereocenters. The number of nitrogens with one attached hydrogen (secondary N) is 1. The van der Waals surface area contributed by atoms with Gasteiger partial charge >= 0.3 is 0 Å². The third-order valence-corrected chi connectivity index (χ3v) is 7.40. The second-order valence-electron chi connectivity index (χ2n) is 8.93. The molecule has 0 bridgehead atoms. The van der Waals surface area contributed by atoms with Gasteiger partial charge in [-0.25, -0.2) is 0 Å². The zero-order valence-corrected chi connectivity index (χ0v) is 22.3. The predicted octanol–water partition coefficient (Wildman–Crippen LogP) is 2.77. The average molecular weight is 537 g/mol. The zero-order chi connectivity index (χ0) is 27.1. The summed E-state index contributed by atoms with van der Waals surface area (Å²) in [6.07, 6.45) is 0.305. The van der Waals surface area contributed by atoms with Crippen LogP contribution in [0.25, 0.3) is 0 Å². The van der Waals surface area contributed by atoms with Crippen LogP contribution in [0.5, 0.6) is 11.5 Å². The van der Waals surface area contributed by atoms with E-state index in [-0.39, 0.29) is 30.8 Å². The summed E-state index contributed by atoms with van der Waals surface area (Å²) in [6.45, 7) is 1.10. The SMILES string of the molecule is COc1ccc(C(=O)N(Cc2cccc(OC)c2)C2CC(C(=O)NCCN)N(C(=O)c3cccs3)C2)cc1. The summed E-state index contributed by atoms with van der Waals surface area (Å²) in [5.74, 6) is 0.618. The predicted molar refractivity (Wildman–Crippen MR) is 145 cm³/mol. The molecule has 0 spiro atoms. The zero-order valence-electron chi connectivity index (χ0n) is 21.5. The molecule has 200 valence electrons. The van der Waals surface area contributed by atoms with Crippen molar-refractivity contribution in [1.29, 1.82) is 0 Å². The Balaban J connectivity index is 1.67.